The fourth-order valence-corrected chi connectivity index (χ4v) is 14.3. The van der Waals surface area contributed by atoms with Gasteiger partial charge in [0.25, 0.3) is 11.8 Å². The molecule has 2 aromatic carbocycles. The molecule has 12 amide bonds. The molecule has 4 saturated heterocycles. The van der Waals surface area contributed by atoms with Gasteiger partial charge in [-0.3, -0.25) is 52.7 Å². The first-order valence-electron chi connectivity index (χ1n) is 38.4. The summed E-state index contributed by atoms with van der Waals surface area (Å²) >= 11 is 0. The maximum atomic E-state index is 14.3. The van der Waals surface area contributed by atoms with Crippen LogP contribution in [0.2, 0.25) is 0 Å². The number of fused-ring (bicyclic) bond motifs is 4. The van der Waals surface area contributed by atoms with Crippen LogP contribution in [0.3, 0.4) is 0 Å². The first-order valence-corrected chi connectivity index (χ1v) is 38.4. The van der Waals surface area contributed by atoms with Crippen molar-refractivity contribution < 1.29 is 95.9 Å². The lowest BCUT2D eigenvalue weighted by Crippen LogP contribution is -2.58. The van der Waals surface area contributed by atoms with Crippen LogP contribution in [0.1, 0.15) is 165 Å². The molecule has 0 radical (unpaired) electrons. The molecule has 4 heterocycles. The molecule has 4 bridgehead atoms. The predicted octanol–water partition coefficient (Wildman–Crippen LogP) is 2.54. The van der Waals surface area contributed by atoms with Crippen LogP contribution in [0.5, 0.6) is 0 Å². The van der Waals surface area contributed by atoms with Crippen LogP contribution in [0.15, 0.2) is 60.7 Å². The quantitative estimate of drug-likeness (QED) is 0.0682. The number of hydrogen-bond acceptors (Lipinski definition) is 20. The molecule has 3 unspecified atom stereocenters. The molecule has 2 saturated carbocycles. The Balaban J connectivity index is 0.000000301. The molecule has 4 aliphatic heterocycles. The van der Waals surface area contributed by atoms with E-state index < -0.39 is 145 Å². The summed E-state index contributed by atoms with van der Waals surface area (Å²) in [6.07, 6.45) is 8.36. The number of hydrogen-bond donors (Lipinski definition) is 9. The Labute approximate surface area is 632 Å². The van der Waals surface area contributed by atoms with E-state index >= 15 is 0 Å². The van der Waals surface area contributed by atoms with Crippen molar-refractivity contribution in [2.75, 3.05) is 107 Å². The molecule has 0 aromatic heterocycles. The van der Waals surface area contributed by atoms with Gasteiger partial charge < -0.3 is 95.7 Å². The Morgan fingerprint density at radius 1 is 0.509 bits per heavy atom. The van der Waals surface area contributed by atoms with Gasteiger partial charge in [-0.15, -0.1) is 0 Å². The van der Waals surface area contributed by atoms with Crippen LogP contribution in [-0.2, 0) is 81.2 Å². The second kappa shape index (κ2) is 45.2. The zero-order valence-corrected chi connectivity index (χ0v) is 63.4. The third-order valence-electron chi connectivity index (χ3n) is 20.0. The molecule has 0 spiro atoms. The standard InChI is InChI=1S/C38H58N6O10.C38H56N6O10/c2*1-4-13-28(33(46)35(48)39-23-30(45)41-31(36(49)43(2)3)25-14-7-5-8-15-25)40-34(47)29-22-27-24-44(29)37(50)32(26-16-9-6-10-17-26)42-38(51)54-21-12-19-52-18-11-20-53-27/h5,7-8,14-15,26-29,31-33,46H,4,6,9-13,16-24H2,1-3H3,(H,39,48)(H,40,47)(H,41,45)(H,42,51);5,7-8,14-15,26-29,31-32H,4,6,9-13,16-24H2,1-3H3,(H,39,48)(H,40,47)(H,41,45)(H,42,51)/t27-,28?,29+,31+,32+,33?;27-,28?,29+,31+,32+/m11/s1. The fraction of sp³-hybridized carbons (Fsp3) is 0.671. The monoisotopic (exact) mass is 1510 g/mol. The van der Waals surface area contributed by atoms with Crippen molar-refractivity contribution in [1.29, 1.82) is 0 Å². The van der Waals surface area contributed by atoms with E-state index in [1.165, 1.54) is 19.6 Å². The number of amides is 12. The van der Waals surface area contributed by atoms with Crippen molar-refractivity contribution in [3.63, 3.8) is 0 Å². The topological polar surface area (TPSA) is 407 Å². The zero-order valence-electron chi connectivity index (χ0n) is 63.4. The van der Waals surface area contributed by atoms with Gasteiger partial charge in [-0.1, -0.05) is 126 Å². The number of likely N-dealkylation sites (N-methyl/N-ethyl adjacent to an activating group) is 2. The number of Topliss-reactive ketones (excluding diaryl/α,β-unsaturated/α-hetero) is 1. The number of ketones is 1. The Bertz CT molecular complexity index is 3290. The van der Waals surface area contributed by atoms with Crippen molar-refractivity contribution in [3.8, 4) is 0 Å². The lowest BCUT2D eigenvalue weighted by Gasteiger charge is -2.35. The second-order valence-electron chi connectivity index (χ2n) is 28.7. The number of alkyl carbamates (subject to hydrolysis) is 2. The molecule has 32 nitrogen and oxygen atoms in total. The van der Waals surface area contributed by atoms with Crippen LogP contribution in [-0.4, -0.2) is 264 Å². The lowest BCUT2D eigenvalue weighted by atomic mass is 9.83. The first kappa shape index (κ1) is 86.4. The summed E-state index contributed by atoms with van der Waals surface area (Å²) in [6, 6.07) is 9.16. The number of nitrogens with zero attached hydrogens (tertiary/aromatic N) is 4. The van der Waals surface area contributed by atoms with Crippen molar-refractivity contribution in [2.24, 2.45) is 11.8 Å². The van der Waals surface area contributed by atoms with E-state index in [2.05, 4.69) is 42.5 Å². The molecule has 11 atom stereocenters. The van der Waals surface area contributed by atoms with Gasteiger partial charge >= 0.3 is 12.2 Å². The van der Waals surface area contributed by atoms with Crippen LogP contribution in [0.25, 0.3) is 0 Å². The van der Waals surface area contributed by atoms with E-state index in [0.717, 1.165) is 64.2 Å². The number of benzene rings is 2. The maximum Gasteiger partial charge on any atom is 0.407 e. The van der Waals surface area contributed by atoms with Gasteiger partial charge in [0.1, 0.15) is 36.3 Å². The number of aliphatic hydroxyl groups is 1. The summed E-state index contributed by atoms with van der Waals surface area (Å²) in [5, 5.41) is 32.2. The third-order valence-corrected chi connectivity index (χ3v) is 20.0. The van der Waals surface area contributed by atoms with Gasteiger partial charge in [-0.25, -0.2) is 9.59 Å². The molecule has 108 heavy (non-hydrogen) atoms. The number of cyclic esters (lactones) is 2. The number of ether oxygens (including phenoxy) is 6. The van der Waals surface area contributed by atoms with Crippen molar-refractivity contribution in [3.05, 3.63) is 71.8 Å². The van der Waals surface area contributed by atoms with E-state index in [1.807, 2.05) is 6.92 Å². The second-order valence-corrected chi connectivity index (χ2v) is 28.7. The van der Waals surface area contributed by atoms with Gasteiger partial charge in [0.2, 0.25) is 53.0 Å². The number of aliphatic hydroxyl groups excluding tert-OH is 1. The third kappa shape index (κ3) is 26.8. The molecule has 8 rings (SSSR count). The van der Waals surface area contributed by atoms with E-state index in [1.54, 1.807) is 95.8 Å². The zero-order chi connectivity index (χ0) is 78.1. The summed E-state index contributed by atoms with van der Waals surface area (Å²) in [5.74, 6) is -7.34. The molecule has 2 aliphatic carbocycles. The van der Waals surface area contributed by atoms with E-state index in [9.17, 15) is 67.4 Å². The average Bonchev–Trinajstić information content (AvgIpc) is 1.65. The fourth-order valence-electron chi connectivity index (χ4n) is 14.3. The molecule has 9 N–H and O–H groups in total. The smallest absolute Gasteiger partial charge is 0.407 e. The van der Waals surface area contributed by atoms with Crippen molar-refractivity contribution >= 4 is 77.0 Å². The Hall–Kier alpha value is -8.85. The number of nitrogens with one attached hydrogen (secondary N) is 8. The van der Waals surface area contributed by atoms with Crippen LogP contribution in [0, 0.1) is 11.8 Å². The van der Waals surface area contributed by atoms with Gasteiger partial charge in [-0.2, -0.15) is 0 Å². The molecule has 598 valence electrons. The minimum atomic E-state index is -1.73. The van der Waals surface area contributed by atoms with Crippen LogP contribution >= 0.6 is 0 Å². The van der Waals surface area contributed by atoms with Gasteiger partial charge in [0.15, 0.2) is 6.10 Å². The van der Waals surface area contributed by atoms with Crippen molar-refractivity contribution in [1.82, 2.24) is 62.1 Å². The molecular weight excluding hydrogens is 1400 g/mol. The molecular formula is C76H114N12O20. The SMILES string of the molecule is CCCC(NC(=O)[C@@H]1C[C@@H]2CN1C(=O)[C@H](C1CCCCC1)NC(=O)OCCCOCCCO2)C(=O)C(=O)NCC(=O)N[C@H](C(=O)N(C)C)c1ccccc1.CCCC(NC(=O)[C@@H]1C[C@@H]2CN1C(=O)[C@H](C1CCCCC1)NC(=O)OCCCOCCCO2)C(O)C(=O)NCC(=O)N[C@H](C(=O)N(C)C)c1ccccc1. The highest BCUT2D eigenvalue weighted by molar-refractivity contribution is 6.38. The summed E-state index contributed by atoms with van der Waals surface area (Å²) in [5.41, 5.74) is 1.11. The summed E-state index contributed by atoms with van der Waals surface area (Å²) in [4.78, 5) is 179. The molecule has 6 aliphatic rings. The summed E-state index contributed by atoms with van der Waals surface area (Å²) in [7, 11) is 6.25. The molecule has 2 aromatic rings. The highest BCUT2D eigenvalue weighted by Crippen LogP contribution is 2.33. The first-order chi connectivity index (χ1) is 52.0. The maximum absolute atomic E-state index is 14.3. The van der Waals surface area contributed by atoms with Gasteiger partial charge in [-0.05, 0) is 74.3 Å². The normalized spacial score (nSPS) is 23.2. The van der Waals surface area contributed by atoms with Gasteiger partial charge in [0, 0.05) is 107 Å². The molecule has 6 fully saturated rings. The highest BCUT2D eigenvalue weighted by Gasteiger charge is 2.48. The van der Waals surface area contributed by atoms with Gasteiger partial charge in [0.05, 0.1) is 50.6 Å². The van der Waals surface area contributed by atoms with Crippen molar-refractivity contribution in [2.45, 2.75) is 209 Å². The lowest BCUT2D eigenvalue weighted by molar-refractivity contribution is -0.143. The summed E-state index contributed by atoms with van der Waals surface area (Å²) in [6.45, 7) is 5.39. The Morgan fingerprint density at radius 2 is 0.917 bits per heavy atom. The predicted molar refractivity (Wildman–Crippen MR) is 392 cm³/mol. The number of carbonyl (C=O) groups excluding carboxylic acids is 13. The summed E-state index contributed by atoms with van der Waals surface area (Å²) < 4.78 is 34.2. The minimum absolute atomic E-state index is 0.0972. The number of rotatable bonds is 24. The largest absolute Gasteiger partial charge is 0.449 e. The van der Waals surface area contributed by atoms with E-state index in [4.69, 9.17) is 28.4 Å². The van der Waals surface area contributed by atoms with E-state index in [-0.39, 0.29) is 75.6 Å². The van der Waals surface area contributed by atoms with Crippen LogP contribution < -0.4 is 42.5 Å². The number of carbonyl (C=O) groups is 13. The highest BCUT2D eigenvalue weighted by atomic mass is 16.6. The Morgan fingerprint density at radius 3 is 1.33 bits per heavy atom. The average molecular weight is 1520 g/mol. The van der Waals surface area contributed by atoms with Crippen LogP contribution in [0.4, 0.5) is 9.59 Å². The van der Waals surface area contributed by atoms with E-state index in [0.29, 0.717) is 89.3 Å². The Kier molecular flexibility index (Phi) is 36.2. The minimum Gasteiger partial charge on any atom is -0.449 e. The molecule has 32 heteroatoms.